The van der Waals surface area contributed by atoms with E-state index in [4.69, 9.17) is 4.52 Å². The van der Waals surface area contributed by atoms with Crippen molar-refractivity contribution in [3.05, 3.63) is 18.0 Å². The van der Waals surface area contributed by atoms with E-state index in [1.54, 1.807) is 18.0 Å². The molecule has 9 nitrogen and oxygen atoms in total. The van der Waals surface area contributed by atoms with Gasteiger partial charge in [0.05, 0.1) is 6.54 Å². The number of hydrogen-bond acceptors (Lipinski definition) is 6. The molecule has 0 aromatic carbocycles. The summed E-state index contributed by atoms with van der Waals surface area (Å²) >= 11 is 0. The molecule has 2 saturated heterocycles. The number of likely N-dealkylation sites (N-methyl/N-ethyl adjacent to an activating group) is 1. The first kappa shape index (κ1) is 19.3. The Labute approximate surface area is 158 Å². The van der Waals surface area contributed by atoms with Gasteiger partial charge < -0.3 is 19.6 Å². The highest BCUT2D eigenvalue weighted by atomic mass is 16.5. The number of rotatable bonds is 6. The zero-order valence-corrected chi connectivity index (χ0v) is 16.1. The lowest BCUT2D eigenvalue weighted by molar-refractivity contribution is -0.140. The van der Waals surface area contributed by atoms with E-state index in [0.29, 0.717) is 38.2 Å². The zero-order chi connectivity index (χ0) is 19.6. The largest absolute Gasteiger partial charge is 0.364 e. The summed E-state index contributed by atoms with van der Waals surface area (Å²) in [5.41, 5.74) is -0.210. The number of nitrogens with zero attached hydrogens (tertiary/aromatic N) is 4. The molecule has 0 aliphatic carbocycles. The first-order valence-corrected chi connectivity index (χ1v) is 9.32. The molecule has 2 fully saturated rings. The molecule has 9 heteroatoms. The quantitative estimate of drug-likeness (QED) is 0.732. The van der Waals surface area contributed by atoms with E-state index in [1.165, 1.54) is 11.2 Å². The van der Waals surface area contributed by atoms with E-state index in [0.717, 1.165) is 4.90 Å². The van der Waals surface area contributed by atoms with E-state index in [1.807, 2.05) is 13.8 Å². The first-order chi connectivity index (χ1) is 12.8. The molecule has 0 unspecified atom stereocenters. The molecule has 0 atom stereocenters. The van der Waals surface area contributed by atoms with Gasteiger partial charge in [-0.15, -0.1) is 0 Å². The molecule has 1 aromatic rings. The summed E-state index contributed by atoms with van der Waals surface area (Å²) in [6.45, 7) is 5.91. The Morgan fingerprint density at radius 2 is 2.07 bits per heavy atom. The van der Waals surface area contributed by atoms with Crippen LogP contribution in [0, 0.1) is 5.92 Å². The zero-order valence-electron chi connectivity index (χ0n) is 16.1. The van der Waals surface area contributed by atoms with E-state index in [-0.39, 0.29) is 36.9 Å². The van der Waals surface area contributed by atoms with Crippen molar-refractivity contribution in [1.29, 1.82) is 0 Å². The first-order valence-electron chi connectivity index (χ1n) is 9.32. The summed E-state index contributed by atoms with van der Waals surface area (Å²) in [6, 6.07) is 1.31. The SMILES string of the molecule is CC(C)CN1C(=O)N(CC(=O)N(C)Cc2ccon2)C(=O)C12CCNCC2. The second kappa shape index (κ2) is 7.67. The van der Waals surface area contributed by atoms with Crippen LogP contribution in [0.2, 0.25) is 0 Å². The number of carbonyl (C=O) groups is 3. The Hall–Kier alpha value is -2.42. The van der Waals surface area contributed by atoms with Crippen molar-refractivity contribution in [3.8, 4) is 0 Å². The molecule has 4 amide bonds. The molecule has 1 N–H and O–H groups in total. The van der Waals surface area contributed by atoms with Gasteiger partial charge in [-0.25, -0.2) is 4.79 Å². The average molecular weight is 377 g/mol. The van der Waals surface area contributed by atoms with Gasteiger partial charge in [0.15, 0.2) is 0 Å². The van der Waals surface area contributed by atoms with Crippen molar-refractivity contribution in [2.24, 2.45) is 5.92 Å². The van der Waals surface area contributed by atoms with Gasteiger partial charge in [0, 0.05) is 19.7 Å². The fraction of sp³-hybridized carbons (Fsp3) is 0.667. The molecule has 0 saturated carbocycles. The molecular formula is C18H27N5O4. The highest BCUT2D eigenvalue weighted by Gasteiger charge is 2.57. The normalized spacial score (nSPS) is 19.4. The summed E-state index contributed by atoms with van der Waals surface area (Å²) in [7, 11) is 1.62. The Bertz CT molecular complexity index is 697. The van der Waals surface area contributed by atoms with Crippen LogP contribution in [-0.2, 0) is 16.1 Å². The van der Waals surface area contributed by atoms with Gasteiger partial charge in [-0.1, -0.05) is 19.0 Å². The minimum Gasteiger partial charge on any atom is -0.364 e. The lowest BCUT2D eigenvalue weighted by atomic mass is 9.86. The second-order valence-electron chi connectivity index (χ2n) is 7.70. The van der Waals surface area contributed by atoms with Gasteiger partial charge in [-0.2, -0.15) is 0 Å². The molecule has 3 rings (SSSR count). The maximum atomic E-state index is 13.2. The van der Waals surface area contributed by atoms with Gasteiger partial charge in [-0.05, 0) is 31.8 Å². The van der Waals surface area contributed by atoms with Crippen LogP contribution >= 0.6 is 0 Å². The van der Waals surface area contributed by atoms with E-state index in [2.05, 4.69) is 10.5 Å². The van der Waals surface area contributed by atoms with E-state index < -0.39 is 5.54 Å². The molecule has 1 spiro atoms. The standard InChI is InChI=1S/C18H27N5O4/c1-13(2)10-23-17(26)22(16(25)18(23)5-7-19-8-6-18)12-15(24)21(3)11-14-4-9-27-20-14/h4,9,13,19H,5-8,10-12H2,1-3H3. The van der Waals surface area contributed by atoms with Crippen molar-refractivity contribution in [2.75, 3.05) is 33.2 Å². The summed E-state index contributed by atoms with van der Waals surface area (Å²) < 4.78 is 4.77. The fourth-order valence-corrected chi connectivity index (χ4v) is 3.77. The topological polar surface area (TPSA) is 99.0 Å². The minimum atomic E-state index is -0.822. The van der Waals surface area contributed by atoms with Crippen LogP contribution in [0.5, 0.6) is 0 Å². The predicted octanol–water partition coefficient (Wildman–Crippen LogP) is 0.675. The Balaban J connectivity index is 1.75. The Kier molecular flexibility index (Phi) is 5.50. The van der Waals surface area contributed by atoms with Crippen molar-refractivity contribution in [3.63, 3.8) is 0 Å². The van der Waals surface area contributed by atoms with E-state index >= 15 is 0 Å². The summed E-state index contributed by atoms with van der Waals surface area (Å²) in [5, 5.41) is 7.03. The third kappa shape index (κ3) is 3.69. The molecule has 2 aliphatic heterocycles. The van der Waals surface area contributed by atoms with Crippen LogP contribution < -0.4 is 5.32 Å². The summed E-state index contributed by atoms with van der Waals surface area (Å²) in [4.78, 5) is 43.1. The third-order valence-corrected chi connectivity index (χ3v) is 5.21. The smallest absolute Gasteiger partial charge is 0.328 e. The van der Waals surface area contributed by atoms with Crippen LogP contribution in [0.4, 0.5) is 4.79 Å². The molecule has 27 heavy (non-hydrogen) atoms. The van der Waals surface area contributed by atoms with Crippen molar-refractivity contribution in [2.45, 2.75) is 38.8 Å². The number of amides is 4. The second-order valence-corrected chi connectivity index (χ2v) is 7.70. The van der Waals surface area contributed by atoms with Crippen LogP contribution in [0.3, 0.4) is 0 Å². The van der Waals surface area contributed by atoms with Gasteiger partial charge in [-0.3, -0.25) is 14.5 Å². The molecular weight excluding hydrogens is 350 g/mol. The lowest BCUT2D eigenvalue weighted by Crippen LogP contribution is -2.56. The summed E-state index contributed by atoms with van der Waals surface area (Å²) in [5.74, 6) is -0.327. The highest BCUT2D eigenvalue weighted by molar-refractivity contribution is 6.09. The predicted molar refractivity (Wildman–Crippen MR) is 96.5 cm³/mol. The number of carbonyl (C=O) groups excluding carboxylic acids is 3. The van der Waals surface area contributed by atoms with Crippen LogP contribution in [-0.4, -0.2) is 76.5 Å². The van der Waals surface area contributed by atoms with Crippen molar-refractivity contribution >= 4 is 17.8 Å². The van der Waals surface area contributed by atoms with Gasteiger partial charge in [0.25, 0.3) is 5.91 Å². The van der Waals surface area contributed by atoms with Crippen LogP contribution in [0.1, 0.15) is 32.4 Å². The number of nitrogens with one attached hydrogen (secondary N) is 1. The van der Waals surface area contributed by atoms with Gasteiger partial charge in [0.2, 0.25) is 5.91 Å². The van der Waals surface area contributed by atoms with Gasteiger partial charge >= 0.3 is 6.03 Å². The summed E-state index contributed by atoms with van der Waals surface area (Å²) in [6.07, 6.45) is 2.58. The lowest BCUT2D eigenvalue weighted by Gasteiger charge is -2.39. The minimum absolute atomic E-state index is 0.235. The molecule has 1 aromatic heterocycles. The number of aromatic nitrogens is 1. The Morgan fingerprint density at radius 1 is 1.37 bits per heavy atom. The molecule has 0 bridgehead atoms. The maximum Gasteiger partial charge on any atom is 0.328 e. The molecule has 3 heterocycles. The van der Waals surface area contributed by atoms with Crippen LogP contribution in [0.25, 0.3) is 0 Å². The number of hydrogen-bond donors (Lipinski definition) is 1. The fourth-order valence-electron chi connectivity index (χ4n) is 3.77. The number of piperidine rings is 1. The molecule has 148 valence electrons. The maximum absolute atomic E-state index is 13.2. The van der Waals surface area contributed by atoms with Crippen molar-refractivity contribution in [1.82, 2.24) is 25.2 Å². The third-order valence-electron chi connectivity index (χ3n) is 5.21. The number of imide groups is 1. The van der Waals surface area contributed by atoms with Gasteiger partial charge in [0.1, 0.15) is 24.0 Å². The molecule has 2 aliphatic rings. The van der Waals surface area contributed by atoms with E-state index in [9.17, 15) is 14.4 Å². The van der Waals surface area contributed by atoms with Crippen LogP contribution in [0.15, 0.2) is 16.9 Å². The average Bonchev–Trinajstić information content (AvgIpc) is 3.21. The monoisotopic (exact) mass is 377 g/mol. The Morgan fingerprint density at radius 3 is 2.67 bits per heavy atom. The van der Waals surface area contributed by atoms with Crippen molar-refractivity contribution < 1.29 is 18.9 Å². The molecule has 0 radical (unpaired) electrons. The number of urea groups is 1. The highest BCUT2D eigenvalue weighted by Crippen LogP contribution is 2.36.